The van der Waals surface area contributed by atoms with Crippen LogP contribution < -0.4 is 0 Å². The third-order valence-electron chi connectivity index (χ3n) is 3.35. The number of hydrogen-bond acceptors (Lipinski definition) is 1. The molecule has 0 radical (unpaired) electrons. The molecule has 0 aliphatic heterocycles. The molecule has 0 atom stereocenters. The molecule has 2 nitrogen and oxygen atoms in total. The monoisotopic (exact) mass is 328 g/mol. The molecule has 0 aromatic carbocycles. The third-order valence-corrected chi connectivity index (χ3v) is 3.35. The van der Waals surface area contributed by atoms with Crippen LogP contribution in [0.2, 0.25) is 0 Å². The molecule has 1 N–H and O–H groups in total. The first-order valence-corrected chi connectivity index (χ1v) is 9.00. The van der Waals surface area contributed by atoms with Crippen molar-refractivity contribution in [1.29, 1.82) is 0 Å². The van der Waals surface area contributed by atoms with Crippen LogP contribution in [0.1, 0.15) is 58.3 Å². The lowest BCUT2D eigenvalue weighted by atomic mass is 10.1. The van der Waals surface area contributed by atoms with Crippen LogP contribution in [0.5, 0.6) is 0 Å². The van der Waals surface area contributed by atoms with Crippen LogP contribution in [0.15, 0.2) is 72.9 Å². The molecule has 0 heterocycles. The van der Waals surface area contributed by atoms with E-state index >= 15 is 0 Å². The van der Waals surface area contributed by atoms with E-state index in [1.165, 1.54) is 51.0 Å². The minimum atomic E-state index is -0.936. The fraction of sp³-hybridized carbons (Fsp3) is 0.409. The van der Waals surface area contributed by atoms with Gasteiger partial charge in [0, 0.05) is 6.08 Å². The summed E-state index contributed by atoms with van der Waals surface area (Å²) in [5.41, 5.74) is 0. The zero-order chi connectivity index (χ0) is 17.7. The lowest BCUT2D eigenvalue weighted by molar-refractivity contribution is -0.131. The highest BCUT2D eigenvalue weighted by Gasteiger charge is 1.88. The third kappa shape index (κ3) is 19.9. The molecule has 0 saturated heterocycles. The Kier molecular flexibility index (Phi) is 17.3. The summed E-state index contributed by atoms with van der Waals surface area (Å²) in [7, 11) is 0. The van der Waals surface area contributed by atoms with E-state index in [0.29, 0.717) is 0 Å². The molecule has 132 valence electrons. The quantitative estimate of drug-likeness (QED) is 0.223. The van der Waals surface area contributed by atoms with Crippen molar-refractivity contribution in [3.8, 4) is 0 Å². The molecule has 0 unspecified atom stereocenters. The minimum absolute atomic E-state index is 0.936. The average molecular weight is 328 g/mol. The van der Waals surface area contributed by atoms with E-state index in [1.807, 2.05) is 36.5 Å². The molecular weight excluding hydrogens is 296 g/mol. The minimum Gasteiger partial charge on any atom is -0.478 e. The van der Waals surface area contributed by atoms with E-state index < -0.39 is 5.97 Å². The van der Waals surface area contributed by atoms with Gasteiger partial charge in [-0.05, 0) is 12.8 Å². The molecule has 24 heavy (non-hydrogen) atoms. The maximum Gasteiger partial charge on any atom is 0.328 e. The first-order chi connectivity index (χ1) is 11.8. The van der Waals surface area contributed by atoms with E-state index in [1.54, 1.807) is 12.2 Å². The van der Waals surface area contributed by atoms with Crippen molar-refractivity contribution >= 4 is 5.97 Å². The van der Waals surface area contributed by atoms with E-state index in [2.05, 4.69) is 19.1 Å². The number of hydrogen-bond donors (Lipinski definition) is 1. The van der Waals surface area contributed by atoms with Crippen LogP contribution in [0.25, 0.3) is 0 Å². The van der Waals surface area contributed by atoms with E-state index in [9.17, 15) is 4.79 Å². The summed E-state index contributed by atoms with van der Waals surface area (Å²) in [5.74, 6) is -0.936. The maximum absolute atomic E-state index is 10.2. The lowest BCUT2D eigenvalue weighted by Gasteiger charge is -1.98. The van der Waals surface area contributed by atoms with Gasteiger partial charge in [0.1, 0.15) is 0 Å². The number of carbonyl (C=O) groups is 1. The van der Waals surface area contributed by atoms with Gasteiger partial charge in [-0.25, -0.2) is 4.79 Å². The van der Waals surface area contributed by atoms with Crippen molar-refractivity contribution in [3.63, 3.8) is 0 Å². The first-order valence-electron chi connectivity index (χ1n) is 9.00. The Labute approximate surface area is 147 Å². The van der Waals surface area contributed by atoms with Gasteiger partial charge in [0.25, 0.3) is 0 Å². The number of carboxylic acids is 1. The molecule has 0 fully saturated rings. The standard InChI is InChI=1S/C22H32O2/c1-2-3-4-5-6-7-8-9-10-11-12-13-14-15-16-17-18-19-20-21-22(23)24/h10-21H,2-9H2,1H3,(H,23,24)/b11-10+,13-12-,15-14-,17-16-,19-18-,21-20-. The molecule has 0 rings (SSSR count). The average Bonchev–Trinajstić information content (AvgIpc) is 2.56. The van der Waals surface area contributed by atoms with Crippen LogP contribution >= 0.6 is 0 Å². The molecule has 0 bridgehead atoms. The largest absolute Gasteiger partial charge is 0.478 e. The van der Waals surface area contributed by atoms with E-state index in [0.717, 1.165) is 12.5 Å². The Morgan fingerprint density at radius 1 is 0.667 bits per heavy atom. The topological polar surface area (TPSA) is 37.3 Å². The van der Waals surface area contributed by atoms with Crippen molar-refractivity contribution in [2.45, 2.75) is 58.3 Å². The normalized spacial score (nSPS) is 13.0. The first kappa shape index (κ1) is 21.9. The van der Waals surface area contributed by atoms with Gasteiger partial charge in [-0.3, -0.25) is 0 Å². The zero-order valence-corrected chi connectivity index (χ0v) is 14.9. The Balaban J connectivity index is 3.57. The summed E-state index contributed by atoms with van der Waals surface area (Å²) in [6.07, 6.45) is 32.7. The molecule has 2 heteroatoms. The van der Waals surface area contributed by atoms with E-state index in [-0.39, 0.29) is 0 Å². The summed E-state index contributed by atoms with van der Waals surface area (Å²) in [6.45, 7) is 2.25. The fourth-order valence-electron chi connectivity index (χ4n) is 2.05. The van der Waals surface area contributed by atoms with Gasteiger partial charge in [-0.1, -0.05) is 112 Å². The zero-order valence-electron chi connectivity index (χ0n) is 14.9. The molecule has 0 aliphatic rings. The van der Waals surface area contributed by atoms with E-state index in [4.69, 9.17) is 5.11 Å². The second-order valence-electron chi connectivity index (χ2n) is 5.58. The molecule has 0 amide bonds. The highest BCUT2D eigenvalue weighted by molar-refractivity contribution is 5.80. The van der Waals surface area contributed by atoms with Gasteiger partial charge in [0.15, 0.2) is 0 Å². The number of rotatable bonds is 14. The smallest absolute Gasteiger partial charge is 0.328 e. The van der Waals surface area contributed by atoms with Crippen LogP contribution in [0.4, 0.5) is 0 Å². The fourth-order valence-corrected chi connectivity index (χ4v) is 2.05. The molecule has 0 aromatic rings. The Hall–Kier alpha value is -2.09. The summed E-state index contributed by atoms with van der Waals surface area (Å²) in [4.78, 5) is 10.2. The van der Waals surface area contributed by atoms with Crippen LogP contribution in [-0.2, 0) is 4.79 Å². The van der Waals surface area contributed by atoms with Crippen molar-refractivity contribution in [3.05, 3.63) is 72.9 Å². The van der Waals surface area contributed by atoms with Gasteiger partial charge < -0.3 is 5.11 Å². The van der Waals surface area contributed by atoms with Crippen LogP contribution in [0, 0.1) is 0 Å². The SMILES string of the molecule is CCCCCCCCC/C=C/C=C\C=C/C=C\C=C/C=C\C(=O)O. The Morgan fingerprint density at radius 2 is 1.12 bits per heavy atom. The van der Waals surface area contributed by atoms with Crippen molar-refractivity contribution in [2.24, 2.45) is 0 Å². The molecule has 0 aliphatic carbocycles. The molecular formula is C22H32O2. The summed E-state index contributed by atoms with van der Waals surface area (Å²) in [6, 6.07) is 0. The van der Waals surface area contributed by atoms with Crippen molar-refractivity contribution in [2.75, 3.05) is 0 Å². The Bertz CT molecular complexity index is 462. The summed E-state index contributed by atoms with van der Waals surface area (Å²) >= 11 is 0. The number of unbranched alkanes of at least 4 members (excludes halogenated alkanes) is 7. The van der Waals surface area contributed by atoms with Gasteiger partial charge in [-0.15, -0.1) is 0 Å². The highest BCUT2D eigenvalue weighted by atomic mass is 16.4. The van der Waals surface area contributed by atoms with Crippen LogP contribution in [-0.4, -0.2) is 11.1 Å². The predicted molar refractivity (Wildman–Crippen MR) is 105 cm³/mol. The Morgan fingerprint density at radius 3 is 1.67 bits per heavy atom. The second kappa shape index (κ2) is 19.0. The predicted octanol–water partition coefficient (Wildman–Crippen LogP) is 6.55. The number of carboxylic acid groups (broad SMARTS) is 1. The lowest BCUT2D eigenvalue weighted by Crippen LogP contribution is -1.84. The van der Waals surface area contributed by atoms with Gasteiger partial charge >= 0.3 is 5.97 Å². The molecule has 0 aromatic heterocycles. The van der Waals surface area contributed by atoms with Gasteiger partial charge in [0.05, 0.1) is 0 Å². The molecule has 0 saturated carbocycles. The number of allylic oxidation sites excluding steroid dienone is 11. The number of aliphatic carboxylic acids is 1. The van der Waals surface area contributed by atoms with Crippen molar-refractivity contribution < 1.29 is 9.90 Å². The summed E-state index contributed by atoms with van der Waals surface area (Å²) < 4.78 is 0. The second-order valence-corrected chi connectivity index (χ2v) is 5.58. The van der Waals surface area contributed by atoms with Crippen LogP contribution in [0.3, 0.4) is 0 Å². The maximum atomic E-state index is 10.2. The van der Waals surface area contributed by atoms with Gasteiger partial charge in [-0.2, -0.15) is 0 Å². The molecule has 0 spiro atoms. The summed E-state index contributed by atoms with van der Waals surface area (Å²) in [5, 5.41) is 8.39. The highest BCUT2D eigenvalue weighted by Crippen LogP contribution is 2.08. The van der Waals surface area contributed by atoms with Crippen molar-refractivity contribution in [1.82, 2.24) is 0 Å². The van der Waals surface area contributed by atoms with Gasteiger partial charge in [0.2, 0.25) is 0 Å².